The summed E-state index contributed by atoms with van der Waals surface area (Å²) >= 11 is 0. The van der Waals surface area contributed by atoms with Gasteiger partial charge in [0.15, 0.2) is 0 Å². The van der Waals surface area contributed by atoms with Crippen LogP contribution in [0.15, 0.2) is 12.3 Å². The maximum Gasteiger partial charge on any atom is 0.211 e. The second-order valence-electron chi connectivity index (χ2n) is 5.46. The van der Waals surface area contributed by atoms with Crippen LogP contribution in [0.25, 0.3) is 0 Å². The molecular weight excluding hydrogens is 290 g/mol. The van der Waals surface area contributed by atoms with Crippen molar-refractivity contribution in [3.8, 4) is 0 Å². The molecule has 21 heavy (non-hydrogen) atoms. The number of hydrogen-bond acceptors (Lipinski definition) is 5. The van der Waals surface area contributed by atoms with Crippen molar-refractivity contribution in [3.63, 3.8) is 0 Å². The van der Waals surface area contributed by atoms with Crippen molar-refractivity contribution in [3.05, 3.63) is 12.3 Å². The van der Waals surface area contributed by atoms with Gasteiger partial charge in [-0.3, -0.25) is 0 Å². The van der Waals surface area contributed by atoms with E-state index in [0.29, 0.717) is 19.0 Å². The highest BCUT2D eigenvalue weighted by atomic mass is 32.2. The second kappa shape index (κ2) is 7.24. The van der Waals surface area contributed by atoms with Gasteiger partial charge in [0.2, 0.25) is 10.0 Å². The van der Waals surface area contributed by atoms with Gasteiger partial charge in [-0.15, -0.1) is 0 Å². The van der Waals surface area contributed by atoms with E-state index in [1.54, 1.807) is 0 Å². The third-order valence-electron chi connectivity index (χ3n) is 3.74. The molecule has 1 aliphatic rings. The summed E-state index contributed by atoms with van der Waals surface area (Å²) in [6.07, 6.45) is 3.90. The van der Waals surface area contributed by atoms with Crippen LogP contribution < -0.4 is 10.6 Å². The first-order chi connectivity index (χ1) is 10.0. The average molecular weight is 315 g/mol. The van der Waals surface area contributed by atoms with Gasteiger partial charge in [-0.2, -0.15) is 5.10 Å². The van der Waals surface area contributed by atoms with Crippen LogP contribution in [-0.2, 0) is 16.6 Å². The lowest BCUT2D eigenvalue weighted by atomic mass is 10.1. The normalized spacial score (nSPS) is 18.5. The maximum atomic E-state index is 11.5. The first-order valence-corrected chi connectivity index (χ1v) is 9.27. The minimum Gasteiger partial charge on any atom is -0.370 e. The molecule has 7 nitrogen and oxygen atoms in total. The first kappa shape index (κ1) is 16.3. The summed E-state index contributed by atoms with van der Waals surface area (Å²) in [5, 5.41) is 11.0. The topological polar surface area (TPSA) is 79.3 Å². The zero-order valence-electron chi connectivity index (χ0n) is 12.7. The van der Waals surface area contributed by atoms with E-state index in [2.05, 4.69) is 15.7 Å². The summed E-state index contributed by atoms with van der Waals surface area (Å²) in [6, 6.07) is 1.98. The van der Waals surface area contributed by atoms with Crippen LogP contribution in [0.3, 0.4) is 0 Å². The van der Waals surface area contributed by atoms with E-state index in [9.17, 15) is 8.42 Å². The number of nitrogens with one attached hydrogen (secondary N) is 2. The molecule has 0 fully saturated rings. The molecule has 0 aliphatic carbocycles. The van der Waals surface area contributed by atoms with E-state index in [-0.39, 0.29) is 0 Å². The largest absolute Gasteiger partial charge is 0.370 e. The summed E-state index contributed by atoms with van der Waals surface area (Å²) in [7, 11) is -3.07. The van der Waals surface area contributed by atoms with Gasteiger partial charge in [-0.05, 0) is 13.0 Å². The molecular formula is C13H25N5O2S. The number of nitrogens with zero attached hydrogens (tertiary/aromatic N) is 3. The first-order valence-electron chi connectivity index (χ1n) is 7.42. The minimum atomic E-state index is -3.07. The highest BCUT2D eigenvalue weighted by molar-refractivity contribution is 7.88. The Kier molecular flexibility index (Phi) is 5.60. The van der Waals surface area contributed by atoms with Crippen molar-refractivity contribution in [2.24, 2.45) is 5.92 Å². The van der Waals surface area contributed by atoms with Crippen molar-refractivity contribution in [1.29, 1.82) is 0 Å². The third kappa shape index (κ3) is 4.69. The Bertz CT molecular complexity index is 543. The fraction of sp³-hybridized carbons (Fsp3) is 0.769. The quantitative estimate of drug-likeness (QED) is 0.669. The van der Waals surface area contributed by atoms with Crippen LogP contribution in [-0.4, -0.2) is 61.5 Å². The Morgan fingerprint density at radius 1 is 1.57 bits per heavy atom. The highest BCUT2D eigenvalue weighted by Gasteiger charge is 2.18. The van der Waals surface area contributed by atoms with Crippen molar-refractivity contribution in [2.45, 2.75) is 19.9 Å². The van der Waals surface area contributed by atoms with Crippen molar-refractivity contribution in [2.75, 3.05) is 44.3 Å². The number of anilines is 1. The molecule has 0 bridgehead atoms. The van der Waals surface area contributed by atoms with Crippen LogP contribution >= 0.6 is 0 Å². The molecule has 0 unspecified atom stereocenters. The Labute approximate surface area is 126 Å². The van der Waals surface area contributed by atoms with E-state index in [4.69, 9.17) is 0 Å². The number of aromatic nitrogens is 2. The second-order valence-corrected chi connectivity index (χ2v) is 7.44. The van der Waals surface area contributed by atoms with E-state index >= 15 is 0 Å². The standard InChI is InChI=1S/C13H25N5O2S/c1-3-17(21(2,19)20)8-4-6-14-9-12-10-15-13-5-7-16-18(13)11-12/h5,7,12,14-15H,3-4,6,8-11H2,1-2H3/t12-/m1/s1. The van der Waals surface area contributed by atoms with Crippen LogP contribution in [0, 0.1) is 5.92 Å². The molecule has 0 spiro atoms. The molecule has 1 aliphatic heterocycles. The molecule has 2 heterocycles. The molecule has 1 atom stereocenters. The monoisotopic (exact) mass is 315 g/mol. The van der Waals surface area contributed by atoms with Gasteiger partial charge in [0.05, 0.1) is 12.5 Å². The molecule has 120 valence electrons. The molecule has 0 amide bonds. The Hall–Kier alpha value is -1.12. The van der Waals surface area contributed by atoms with Crippen LogP contribution in [0.2, 0.25) is 0 Å². The van der Waals surface area contributed by atoms with Gasteiger partial charge in [0, 0.05) is 44.7 Å². The lowest BCUT2D eigenvalue weighted by Crippen LogP contribution is -2.37. The van der Waals surface area contributed by atoms with E-state index in [1.165, 1.54) is 10.6 Å². The number of hydrogen-bond donors (Lipinski definition) is 2. The summed E-state index contributed by atoms with van der Waals surface area (Å²) in [6.45, 7) is 6.59. The van der Waals surface area contributed by atoms with E-state index in [0.717, 1.165) is 38.4 Å². The summed E-state index contributed by atoms with van der Waals surface area (Å²) < 4.78 is 26.4. The van der Waals surface area contributed by atoms with Gasteiger partial charge in [0.25, 0.3) is 0 Å². The fourth-order valence-corrected chi connectivity index (χ4v) is 3.50. The Morgan fingerprint density at radius 3 is 3.10 bits per heavy atom. The predicted octanol–water partition coefficient (Wildman–Crippen LogP) is 0.186. The van der Waals surface area contributed by atoms with Crippen LogP contribution in [0.4, 0.5) is 5.82 Å². The van der Waals surface area contributed by atoms with Crippen molar-refractivity contribution in [1.82, 2.24) is 19.4 Å². The van der Waals surface area contributed by atoms with Crippen LogP contribution in [0.5, 0.6) is 0 Å². The molecule has 8 heteroatoms. The smallest absolute Gasteiger partial charge is 0.211 e. The Balaban J connectivity index is 1.63. The zero-order valence-corrected chi connectivity index (χ0v) is 13.6. The van der Waals surface area contributed by atoms with Crippen LogP contribution in [0.1, 0.15) is 13.3 Å². The minimum absolute atomic E-state index is 0.509. The van der Waals surface area contributed by atoms with E-state index in [1.807, 2.05) is 23.9 Å². The molecule has 0 aromatic carbocycles. The van der Waals surface area contributed by atoms with Gasteiger partial charge in [-0.1, -0.05) is 6.92 Å². The molecule has 0 saturated heterocycles. The summed E-state index contributed by atoms with van der Waals surface area (Å²) in [4.78, 5) is 0. The maximum absolute atomic E-state index is 11.5. The lowest BCUT2D eigenvalue weighted by molar-refractivity contribution is 0.379. The SMILES string of the molecule is CCN(CCCNC[C@@H]1CNc2ccnn2C1)S(C)(=O)=O. The Morgan fingerprint density at radius 2 is 2.38 bits per heavy atom. The highest BCUT2D eigenvalue weighted by Crippen LogP contribution is 2.15. The third-order valence-corrected chi connectivity index (χ3v) is 5.11. The average Bonchev–Trinajstić information content (AvgIpc) is 2.88. The lowest BCUT2D eigenvalue weighted by Gasteiger charge is -2.25. The van der Waals surface area contributed by atoms with Gasteiger partial charge in [0.1, 0.15) is 5.82 Å². The predicted molar refractivity (Wildman–Crippen MR) is 83.8 cm³/mol. The summed E-state index contributed by atoms with van der Waals surface area (Å²) in [5.41, 5.74) is 0. The fourth-order valence-electron chi connectivity index (χ4n) is 2.57. The van der Waals surface area contributed by atoms with Gasteiger partial charge in [-0.25, -0.2) is 17.4 Å². The molecule has 2 rings (SSSR count). The molecule has 2 N–H and O–H groups in total. The van der Waals surface area contributed by atoms with Gasteiger partial charge >= 0.3 is 0 Å². The number of fused-ring (bicyclic) bond motifs is 1. The number of rotatable bonds is 8. The van der Waals surface area contributed by atoms with Crippen molar-refractivity contribution >= 4 is 15.8 Å². The van der Waals surface area contributed by atoms with Gasteiger partial charge < -0.3 is 10.6 Å². The zero-order chi connectivity index (χ0) is 15.3. The molecule has 0 saturated carbocycles. The molecule has 0 radical (unpaired) electrons. The van der Waals surface area contributed by atoms with Crippen molar-refractivity contribution < 1.29 is 8.42 Å². The number of sulfonamides is 1. The summed E-state index contributed by atoms with van der Waals surface area (Å²) in [5.74, 6) is 1.59. The molecule has 1 aromatic heterocycles. The van der Waals surface area contributed by atoms with E-state index < -0.39 is 10.0 Å². The molecule has 1 aromatic rings.